The number of aromatic nitrogens is 3. The molecule has 0 spiro atoms. The standard InChI is InChI=1S/C20H21N3/c1-3-12-23-20-18-11-7-6-9-16(18)14(2)13-15-8-4-5-10-17(15)19(20)21-22-23/h4-11,14H,3,12-13H2,1-2H3. The van der Waals surface area contributed by atoms with Gasteiger partial charge in [0.1, 0.15) is 5.69 Å². The zero-order chi connectivity index (χ0) is 15.8. The van der Waals surface area contributed by atoms with Gasteiger partial charge in [0.05, 0.1) is 5.69 Å². The normalized spacial score (nSPS) is 16.0. The second-order valence-corrected chi connectivity index (χ2v) is 6.36. The van der Waals surface area contributed by atoms with Gasteiger partial charge in [-0.1, -0.05) is 67.6 Å². The number of nitrogens with zero attached hydrogens (tertiary/aromatic N) is 3. The predicted octanol–water partition coefficient (Wildman–Crippen LogP) is 4.68. The fourth-order valence-corrected chi connectivity index (χ4v) is 3.64. The van der Waals surface area contributed by atoms with Crippen LogP contribution in [0.25, 0.3) is 22.5 Å². The maximum Gasteiger partial charge on any atom is 0.121 e. The highest BCUT2D eigenvalue weighted by Crippen LogP contribution is 2.40. The van der Waals surface area contributed by atoms with Crippen LogP contribution >= 0.6 is 0 Å². The van der Waals surface area contributed by atoms with Gasteiger partial charge in [-0.15, -0.1) is 5.10 Å². The van der Waals surface area contributed by atoms with Crippen molar-refractivity contribution >= 4 is 0 Å². The number of aryl methyl sites for hydroxylation is 1. The highest BCUT2D eigenvalue weighted by atomic mass is 15.4. The van der Waals surface area contributed by atoms with E-state index in [0.717, 1.165) is 25.1 Å². The molecule has 1 aromatic heterocycles. The lowest BCUT2D eigenvalue weighted by Crippen LogP contribution is -2.08. The van der Waals surface area contributed by atoms with Crippen LogP contribution in [0.1, 0.15) is 37.3 Å². The quantitative estimate of drug-likeness (QED) is 0.688. The molecule has 4 rings (SSSR count). The Balaban J connectivity index is 2.06. The third-order valence-electron chi connectivity index (χ3n) is 4.72. The van der Waals surface area contributed by atoms with Crippen LogP contribution in [0.5, 0.6) is 0 Å². The largest absolute Gasteiger partial charge is 0.244 e. The van der Waals surface area contributed by atoms with Crippen LogP contribution in [0.2, 0.25) is 0 Å². The molecule has 1 heterocycles. The van der Waals surface area contributed by atoms with Crippen LogP contribution < -0.4 is 0 Å². The van der Waals surface area contributed by atoms with Crippen molar-refractivity contribution in [2.75, 3.05) is 0 Å². The molecule has 23 heavy (non-hydrogen) atoms. The molecule has 1 atom stereocenters. The summed E-state index contributed by atoms with van der Waals surface area (Å²) in [7, 11) is 0. The van der Waals surface area contributed by atoms with Crippen molar-refractivity contribution in [3.63, 3.8) is 0 Å². The van der Waals surface area contributed by atoms with E-state index in [1.807, 2.05) is 0 Å². The van der Waals surface area contributed by atoms with Crippen LogP contribution in [0.4, 0.5) is 0 Å². The highest BCUT2D eigenvalue weighted by Gasteiger charge is 2.25. The Morgan fingerprint density at radius 2 is 1.78 bits per heavy atom. The first-order valence-corrected chi connectivity index (χ1v) is 8.40. The summed E-state index contributed by atoms with van der Waals surface area (Å²) >= 11 is 0. The number of rotatable bonds is 2. The SMILES string of the molecule is CCCn1nnc2c1-c1ccccc1C(C)Cc1ccccc1-2. The molecule has 3 nitrogen and oxygen atoms in total. The van der Waals surface area contributed by atoms with Crippen molar-refractivity contribution in [1.82, 2.24) is 15.0 Å². The van der Waals surface area contributed by atoms with Gasteiger partial charge in [0.25, 0.3) is 0 Å². The van der Waals surface area contributed by atoms with Gasteiger partial charge in [0, 0.05) is 17.7 Å². The zero-order valence-corrected chi connectivity index (χ0v) is 13.7. The highest BCUT2D eigenvalue weighted by molar-refractivity contribution is 5.82. The molecule has 3 aromatic rings. The van der Waals surface area contributed by atoms with Crippen molar-refractivity contribution in [3.8, 4) is 22.5 Å². The Kier molecular flexibility index (Phi) is 3.49. The van der Waals surface area contributed by atoms with Gasteiger partial charge in [-0.25, -0.2) is 4.68 Å². The van der Waals surface area contributed by atoms with E-state index in [9.17, 15) is 0 Å². The molecule has 0 fully saturated rings. The minimum absolute atomic E-state index is 0.477. The number of fused-ring (bicyclic) bond motifs is 5. The summed E-state index contributed by atoms with van der Waals surface area (Å²) in [6, 6.07) is 17.3. The maximum atomic E-state index is 4.56. The second kappa shape index (κ2) is 5.65. The first-order chi connectivity index (χ1) is 11.3. The van der Waals surface area contributed by atoms with Crippen LogP contribution in [0.3, 0.4) is 0 Å². The maximum absolute atomic E-state index is 4.56. The summed E-state index contributed by atoms with van der Waals surface area (Å²) in [5, 5.41) is 9.02. The van der Waals surface area contributed by atoms with Gasteiger partial charge < -0.3 is 0 Å². The molecule has 1 aliphatic rings. The van der Waals surface area contributed by atoms with E-state index in [0.29, 0.717) is 5.92 Å². The fourth-order valence-electron chi connectivity index (χ4n) is 3.64. The van der Waals surface area contributed by atoms with Crippen LogP contribution in [-0.4, -0.2) is 15.0 Å². The minimum Gasteiger partial charge on any atom is -0.244 e. The summed E-state index contributed by atoms with van der Waals surface area (Å²) in [5.74, 6) is 0.477. The van der Waals surface area contributed by atoms with Crippen LogP contribution in [0.15, 0.2) is 48.5 Å². The first kappa shape index (κ1) is 14.2. The molecule has 0 bridgehead atoms. The lowest BCUT2D eigenvalue weighted by atomic mass is 9.83. The first-order valence-electron chi connectivity index (χ1n) is 8.40. The van der Waals surface area contributed by atoms with E-state index in [1.165, 1.54) is 27.9 Å². The summed E-state index contributed by atoms with van der Waals surface area (Å²) < 4.78 is 2.07. The molecule has 0 radical (unpaired) electrons. The molecule has 2 aromatic carbocycles. The van der Waals surface area contributed by atoms with Crippen LogP contribution in [0, 0.1) is 0 Å². The lowest BCUT2D eigenvalue weighted by molar-refractivity contribution is 0.583. The van der Waals surface area contributed by atoms with Crippen molar-refractivity contribution in [1.29, 1.82) is 0 Å². The monoisotopic (exact) mass is 303 g/mol. The summed E-state index contributed by atoms with van der Waals surface area (Å²) in [6.07, 6.45) is 2.09. The molecule has 0 amide bonds. The third kappa shape index (κ3) is 2.27. The number of benzene rings is 2. The van der Waals surface area contributed by atoms with Gasteiger partial charge in [-0.3, -0.25) is 0 Å². The van der Waals surface area contributed by atoms with Gasteiger partial charge >= 0.3 is 0 Å². The smallest absolute Gasteiger partial charge is 0.121 e. The second-order valence-electron chi connectivity index (χ2n) is 6.36. The minimum atomic E-state index is 0.477. The molecule has 1 unspecified atom stereocenters. The van der Waals surface area contributed by atoms with Crippen molar-refractivity contribution in [2.24, 2.45) is 0 Å². The third-order valence-corrected chi connectivity index (χ3v) is 4.72. The van der Waals surface area contributed by atoms with Crippen LogP contribution in [-0.2, 0) is 13.0 Å². The summed E-state index contributed by atoms with van der Waals surface area (Å²) in [5.41, 5.74) is 7.45. The topological polar surface area (TPSA) is 30.7 Å². The van der Waals surface area contributed by atoms with E-state index in [-0.39, 0.29) is 0 Å². The molecular formula is C20H21N3. The summed E-state index contributed by atoms with van der Waals surface area (Å²) in [4.78, 5) is 0. The van der Waals surface area contributed by atoms with Crippen molar-refractivity contribution in [2.45, 2.75) is 39.2 Å². The van der Waals surface area contributed by atoms with E-state index in [4.69, 9.17) is 0 Å². The van der Waals surface area contributed by atoms with Gasteiger partial charge in [-0.05, 0) is 29.9 Å². The molecule has 0 aliphatic heterocycles. The number of hydrogen-bond acceptors (Lipinski definition) is 2. The molecular weight excluding hydrogens is 282 g/mol. The van der Waals surface area contributed by atoms with Crippen molar-refractivity contribution in [3.05, 3.63) is 59.7 Å². The van der Waals surface area contributed by atoms with Gasteiger partial charge in [0.2, 0.25) is 0 Å². The molecule has 0 saturated carbocycles. The van der Waals surface area contributed by atoms with E-state index in [2.05, 4.69) is 77.4 Å². The Bertz CT molecular complexity index is 848. The van der Waals surface area contributed by atoms with Crippen molar-refractivity contribution < 1.29 is 0 Å². The average Bonchev–Trinajstić information content (AvgIpc) is 2.97. The zero-order valence-electron chi connectivity index (χ0n) is 13.7. The summed E-state index contributed by atoms with van der Waals surface area (Å²) in [6.45, 7) is 5.39. The van der Waals surface area contributed by atoms with E-state index >= 15 is 0 Å². The lowest BCUT2D eigenvalue weighted by Gasteiger charge is -2.22. The Morgan fingerprint density at radius 1 is 1.04 bits per heavy atom. The number of hydrogen-bond donors (Lipinski definition) is 0. The Morgan fingerprint density at radius 3 is 2.61 bits per heavy atom. The predicted molar refractivity (Wildman–Crippen MR) is 93.3 cm³/mol. The fraction of sp³-hybridized carbons (Fsp3) is 0.300. The molecule has 3 heteroatoms. The molecule has 0 N–H and O–H groups in total. The molecule has 116 valence electrons. The van der Waals surface area contributed by atoms with E-state index < -0.39 is 0 Å². The molecule has 1 aliphatic carbocycles. The van der Waals surface area contributed by atoms with E-state index in [1.54, 1.807) is 0 Å². The Hall–Kier alpha value is -2.42. The van der Waals surface area contributed by atoms with Gasteiger partial charge in [0.15, 0.2) is 0 Å². The Labute approximate surface area is 137 Å². The van der Waals surface area contributed by atoms with Gasteiger partial charge in [-0.2, -0.15) is 0 Å². The molecule has 0 saturated heterocycles. The average molecular weight is 303 g/mol.